The Morgan fingerprint density at radius 2 is 1.82 bits per heavy atom. The van der Waals surface area contributed by atoms with Crippen molar-refractivity contribution in [1.82, 2.24) is 15.3 Å². The van der Waals surface area contributed by atoms with Gasteiger partial charge in [-0.05, 0) is 37.8 Å². The molecule has 2 aromatic carbocycles. The Bertz CT molecular complexity index is 1370. The van der Waals surface area contributed by atoms with Crippen LogP contribution in [0.15, 0.2) is 58.7 Å². The molecule has 1 amide bonds. The van der Waals surface area contributed by atoms with Crippen molar-refractivity contribution in [1.29, 1.82) is 0 Å². The van der Waals surface area contributed by atoms with Gasteiger partial charge in [-0.3, -0.25) is 14.6 Å². The highest BCUT2D eigenvalue weighted by Crippen LogP contribution is 2.32. The zero-order chi connectivity index (χ0) is 23.7. The van der Waals surface area contributed by atoms with Gasteiger partial charge in [-0.15, -0.1) is 11.3 Å². The first-order valence-corrected chi connectivity index (χ1v) is 12.5. The molecule has 0 unspecified atom stereocenters. The van der Waals surface area contributed by atoms with Gasteiger partial charge in [0.15, 0.2) is 0 Å². The molecule has 6 nitrogen and oxygen atoms in total. The van der Waals surface area contributed by atoms with Crippen LogP contribution in [0.4, 0.5) is 5.95 Å². The number of hydrogen-bond acceptors (Lipinski definition) is 5. The van der Waals surface area contributed by atoms with E-state index in [1.54, 1.807) is 0 Å². The van der Waals surface area contributed by atoms with E-state index in [2.05, 4.69) is 60.5 Å². The van der Waals surface area contributed by atoms with Crippen LogP contribution in [0.3, 0.4) is 0 Å². The maximum atomic E-state index is 12.9. The average Bonchev–Trinajstić information content (AvgIpc) is 3.29. The monoisotopic (exact) mass is 472 g/mol. The SMILES string of the molecule is Cc1ccc(CNC(=O)[C@H]2CCCN(c3nc4c(-c5ccc(C)cc5)csc4c(=O)[nH]3)C2)cc1. The largest absolute Gasteiger partial charge is 0.352 e. The second kappa shape index (κ2) is 9.43. The Labute approximate surface area is 202 Å². The van der Waals surface area contributed by atoms with E-state index < -0.39 is 0 Å². The van der Waals surface area contributed by atoms with Gasteiger partial charge in [-0.25, -0.2) is 4.98 Å². The number of aromatic amines is 1. The van der Waals surface area contributed by atoms with Gasteiger partial charge < -0.3 is 10.2 Å². The maximum absolute atomic E-state index is 12.9. The van der Waals surface area contributed by atoms with E-state index in [-0.39, 0.29) is 17.4 Å². The smallest absolute Gasteiger partial charge is 0.270 e. The number of nitrogens with one attached hydrogen (secondary N) is 2. The van der Waals surface area contributed by atoms with Crippen LogP contribution >= 0.6 is 11.3 Å². The van der Waals surface area contributed by atoms with Gasteiger partial charge in [0.05, 0.1) is 11.4 Å². The van der Waals surface area contributed by atoms with Crippen molar-refractivity contribution in [2.24, 2.45) is 5.92 Å². The van der Waals surface area contributed by atoms with E-state index >= 15 is 0 Å². The number of aromatic nitrogens is 2. The van der Waals surface area contributed by atoms with E-state index in [0.29, 0.717) is 23.7 Å². The lowest BCUT2D eigenvalue weighted by atomic mass is 9.97. The third-order valence-corrected chi connectivity index (χ3v) is 7.42. The molecule has 0 bridgehead atoms. The molecule has 1 fully saturated rings. The number of amides is 1. The zero-order valence-electron chi connectivity index (χ0n) is 19.4. The number of fused-ring (bicyclic) bond motifs is 1. The summed E-state index contributed by atoms with van der Waals surface area (Å²) in [5.41, 5.74) is 6.09. The lowest BCUT2D eigenvalue weighted by molar-refractivity contribution is -0.125. The van der Waals surface area contributed by atoms with Crippen LogP contribution in [0, 0.1) is 19.8 Å². The maximum Gasteiger partial charge on any atom is 0.270 e. The summed E-state index contributed by atoms with van der Waals surface area (Å²) in [6.45, 7) is 5.93. The fraction of sp³-hybridized carbons (Fsp3) is 0.296. The van der Waals surface area contributed by atoms with Crippen molar-refractivity contribution >= 4 is 33.4 Å². The predicted molar refractivity (Wildman–Crippen MR) is 138 cm³/mol. The van der Waals surface area contributed by atoms with Crippen molar-refractivity contribution in [3.05, 3.63) is 81.0 Å². The van der Waals surface area contributed by atoms with Crippen molar-refractivity contribution < 1.29 is 4.79 Å². The first-order valence-electron chi connectivity index (χ1n) is 11.6. The van der Waals surface area contributed by atoms with Crippen molar-refractivity contribution in [3.63, 3.8) is 0 Å². The molecule has 7 heteroatoms. The number of H-pyrrole nitrogens is 1. The van der Waals surface area contributed by atoms with Gasteiger partial charge in [0, 0.05) is 30.6 Å². The quantitative estimate of drug-likeness (QED) is 0.437. The molecule has 2 aromatic heterocycles. The number of aryl methyl sites for hydroxylation is 2. The van der Waals surface area contributed by atoms with Crippen molar-refractivity contribution in [2.45, 2.75) is 33.2 Å². The van der Waals surface area contributed by atoms with E-state index in [0.717, 1.165) is 41.6 Å². The molecule has 4 aromatic rings. The van der Waals surface area contributed by atoms with Gasteiger partial charge in [0.25, 0.3) is 5.56 Å². The fourth-order valence-corrected chi connectivity index (χ4v) is 5.34. The Morgan fingerprint density at radius 1 is 1.12 bits per heavy atom. The van der Waals surface area contributed by atoms with Gasteiger partial charge >= 0.3 is 0 Å². The molecule has 1 saturated heterocycles. The fourth-order valence-electron chi connectivity index (χ4n) is 4.43. The van der Waals surface area contributed by atoms with Gasteiger partial charge in [-0.2, -0.15) is 0 Å². The molecule has 0 radical (unpaired) electrons. The molecule has 34 heavy (non-hydrogen) atoms. The number of anilines is 1. The van der Waals surface area contributed by atoms with Crippen LogP contribution in [0.5, 0.6) is 0 Å². The number of thiophene rings is 1. The summed E-state index contributed by atoms with van der Waals surface area (Å²) < 4.78 is 0.628. The number of rotatable bonds is 5. The number of hydrogen-bond donors (Lipinski definition) is 2. The number of carbonyl (C=O) groups excluding carboxylic acids is 1. The van der Waals surface area contributed by atoms with Crippen LogP contribution in [0.2, 0.25) is 0 Å². The van der Waals surface area contributed by atoms with Crippen LogP contribution < -0.4 is 15.8 Å². The molecular formula is C27H28N4O2S. The van der Waals surface area contributed by atoms with E-state index in [1.807, 2.05) is 22.4 Å². The molecule has 1 aliphatic heterocycles. The van der Waals surface area contributed by atoms with Crippen LogP contribution in [-0.4, -0.2) is 29.0 Å². The Morgan fingerprint density at radius 3 is 2.56 bits per heavy atom. The van der Waals surface area contributed by atoms with Gasteiger partial charge in [0.1, 0.15) is 4.70 Å². The molecule has 2 N–H and O–H groups in total. The van der Waals surface area contributed by atoms with E-state index in [4.69, 9.17) is 4.98 Å². The first kappa shape index (κ1) is 22.3. The van der Waals surface area contributed by atoms with Crippen LogP contribution in [-0.2, 0) is 11.3 Å². The summed E-state index contributed by atoms with van der Waals surface area (Å²) in [5.74, 6) is 0.448. The molecule has 5 rings (SSSR count). The van der Waals surface area contributed by atoms with E-state index in [9.17, 15) is 9.59 Å². The molecule has 1 aliphatic rings. The lowest BCUT2D eigenvalue weighted by Gasteiger charge is -2.32. The Kier molecular flexibility index (Phi) is 6.20. The summed E-state index contributed by atoms with van der Waals surface area (Å²) in [4.78, 5) is 35.6. The second-order valence-electron chi connectivity index (χ2n) is 9.07. The normalized spacial score (nSPS) is 16.1. The average molecular weight is 473 g/mol. The molecular weight excluding hydrogens is 444 g/mol. The molecule has 0 saturated carbocycles. The van der Waals surface area contributed by atoms with Gasteiger partial charge in [0.2, 0.25) is 11.9 Å². The Balaban J connectivity index is 1.35. The molecule has 0 aliphatic carbocycles. The highest BCUT2D eigenvalue weighted by atomic mass is 32.1. The Hall–Kier alpha value is -3.45. The molecule has 174 valence electrons. The molecule has 1 atom stereocenters. The van der Waals surface area contributed by atoms with Crippen molar-refractivity contribution in [3.8, 4) is 11.1 Å². The van der Waals surface area contributed by atoms with Crippen LogP contribution in [0.1, 0.15) is 29.5 Å². The number of benzene rings is 2. The highest BCUT2D eigenvalue weighted by molar-refractivity contribution is 7.17. The number of carbonyl (C=O) groups is 1. The summed E-state index contributed by atoms with van der Waals surface area (Å²) in [5, 5.41) is 5.07. The third kappa shape index (κ3) is 4.61. The lowest BCUT2D eigenvalue weighted by Crippen LogP contribution is -2.44. The standard InChI is InChI=1S/C27H28N4O2S/c1-17-5-9-19(10-6-17)14-28-25(32)21-4-3-13-31(15-21)27-29-23-22(16-34-24(23)26(33)30-27)20-11-7-18(2)8-12-20/h5-12,16,21H,3-4,13-15H2,1-2H3,(H,28,32)(H,29,30,33)/t21-/m0/s1. The summed E-state index contributed by atoms with van der Waals surface area (Å²) in [6, 6.07) is 16.4. The molecule has 3 heterocycles. The topological polar surface area (TPSA) is 78.1 Å². The minimum absolute atomic E-state index is 0.0459. The minimum Gasteiger partial charge on any atom is -0.352 e. The third-order valence-electron chi connectivity index (χ3n) is 6.46. The summed E-state index contributed by atoms with van der Waals surface area (Å²) in [6.07, 6.45) is 1.70. The second-order valence-corrected chi connectivity index (χ2v) is 9.95. The number of nitrogens with zero attached hydrogens (tertiary/aromatic N) is 2. The minimum atomic E-state index is -0.140. The summed E-state index contributed by atoms with van der Waals surface area (Å²) >= 11 is 1.42. The van der Waals surface area contributed by atoms with Gasteiger partial charge in [-0.1, -0.05) is 59.7 Å². The number of piperidine rings is 1. The molecule has 0 spiro atoms. The highest BCUT2D eigenvalue weighted by Gasteiger charge is 2.27. The summed E-state index contributed by atoms with van der Waals surface area (Å²) in [7, 11) is 0. The van der Waals surface area contributed by atoms with Crippen molar-refractivity contribution in [2.75, 3.05) is 18.0 Å². The first-order chi connectivity index (χ1) is 16.5. The van der Waals surface area contributed by atoms with E-state index in [1.165, 1.54) is 22.5 Å². The zero-order valence-corrected chi connectivity index (χ0v) is 20.2. The predicted octanol–water partition coefficient (Wildman–Crippen LogP) is 4.80. The van der Waals surface area contributed by atoms with Crippen LogP contribution in [0.25, 0.3) is 21.3 Å².